The Kier molecular flexibility index (Phi) is 6.54. The zero-order valence-corrected chi connectivity index (χ0v) is 14.6. The average molecular weight is 358 g/mol. The molecule has 2 N–H and O–H groups in total. The van der Waals surface area contributed by atoms with Crippen LogP contribution in [0.4, 0.5) is 4.79 Å². The van der Waals surface area contributed by atoms with Crippen molar-refractivity contribution in [3.63, 3.8) is 0 Å². The fourth-order valence-electron chi connectivity index (χ4n) is 2.75. The number of rotatable bonds is 4. The van der Waals surface area contributed by atoms with Gasteiger partial charge in [0.2, 0.25) is 5.91 Å². The first-order valence-electron chi connectivity index (χ1n) is 7.69. The largest absolute Gasteiger partial charge is 0.352 e. The minimum absolute atomic E-state index is 0.0405. The highest BCUT2D eigenvalue weighted by Crippen LogP contribution is 2.19. The van der Waals surface area contributed by atoms with E-state index < -0.39 is 0 Å². The Hall–Kier alpha value is -1.46. The lowest BCUT2D eigenvalue weighted by Gasteiger charge is -2.33. The molecule has 3 amide bonds. The van der Waals surface area contributed by atoms with Gasteiger partial charge in [0.05, 0.1) is 0 Å². The van der Waals surface area contributed by atoms with E-state index >= 15 is 0 Å². The molecule has 1 unspecified atom stereocenters. The zero-order valence-electron chi connectivity index (χ0n) is 13.1. The third-order valence-corrected chi connectivity index (χ3v) is 4.16. The monoisotopic (exact) mass is 357 g/mol. The summed E-state index contributed by atoms with van der Waals surface area (Å²) in [5, 5.41) is 6.95. The minimum Gasteiger partial charge on any atom is -0.352 e. The Bertz CT molecular complexity index is 560. The molecule has 2 rings (SSSR count). The van der Waals surface area contributed by atoms with Crippen molar-refractivity contribution in [2.24, 2.45) is 0 Å². The molecule has 126 valence electrons. The van der Waals surface area contributed by atoms with Crippen molar-refractivity contribution < 1.29 is 9.59 Å². The Labute approximate surface area is 146 Å². The summed E-state index contributed by atoms with van der Waals surface area (Å²) in [6.45, 7) is 3.27. The van der Waals surface area contributed by atoms with Gasteiger partial charge >= 0.3 is 6.03 Å². The van der Waals surface area contributed by atoms with Gasteiger partial charge in [0.15, 0.2) is 0 Å². The number of benzene rings is 1. The second kappa shape index (κ2) is 8.41. The quantitative estimate of drug-likeness (QED) is 0.870. The van der Waals surface area contributed by atoms with Gasteiger partial charge in [0, 0.05) is 42.6 Å². The summed E-state index contributed by atoms with van der Waals surface area (Å²) in [7, 11) is 0. The fraction of sp³-hybridized carbons (Fsp3) is 0.500. The van der Waals surface area contributed by atoms with Crippen LogP contribution in [0.3, 0.4) is 0 Å². The molecule has 1 aliphatic heterocycles. The molecule has 5 nitrogen and oxygen atoms in total. The maximum Gasteiger partial charge on any atom is 0.317 e. The third kappa shape index (κ3) is 5.92. The number of halogens is 2. The second-order valence-electron chi connectivity index (χ2n) is 5.75. The van der Waals surface area contributed by atoms with Crippen LogP contribution in [-0.4, -0.2) is 42.5 Å². The molecule has 1 aromatic rings. The standard InChI is InChI=1S/C16H21Cl2N3O2/c1-11(22)20-15-3-2-6-21(10-15)16(23)19-5-4-12-7-13(17)9-14(18)8-12/h7-9,15H,2-6,10H2,1H3,(H,19,23)(H,20,22). The Morgan fingerprint density at radius 1 is 1.26 bits per heavy atom. The molecule has 0 bridgehead atoms. The van der Waals surface area contributed by atoms with E-state index in [-0.39, 0.29) is 18.0 Å². The van der Waals surface area contributed by atoms with E-state index in [0.29, 0.717) is 36.1 Å². The molecule has 0 aliphatic carbocycles. The van der Waals surface area contributed by atoms with Gasteiger partial charge < -0.3 is 15.5 Å². The summed E-state index contributed by atoms with van der Waals surface area (Å²) in [6.07, 6.45) is 2.46. The third-order valence-electron chi connectivity index (χ3n) is 3.73. The summed E-state index contributed by atoms with van der Waals surface area (Å²) in [6, 6.07) is 5.30. The number of hydrogen-bond donors (Lipinski definition) is 2. The summed E-state index contributed by atoms with van der Waals surface area (Å²) < 4.78 is 0. The number of piperidine rings is 1. The smallest absolute Gasteiger partial charge is 0.317 e. The highest BCUT2D eigenvalue weighted by Gasteiger charge is 2.23. The lowest BCUT2D eigenvalue weighted by Crippen LogP contribution is -2.52. The maximum atomic E-state index is 12.2. The van der Waals surface area contributed by atoms with E-state index in [2.05, 4.69) is 10.6 Å². The predicted octanol–water partition coefficient (Wildman–Crippen LogP) is 2.85. The first kappa shape index (κ1) is 17.9. The number of amides is 3. The van der Waals surface area contributed by atoms with Crippen LogP contribution in [-0.2, 0) is 11.2 Å². The molecule has 1 atom stereocenters. The van der Waals surface area contributed by atoms with E-state index in [4.69, 9.17) is 23.2 Å². The number of carbonyl (C=O) groups excluding carboxylic acids is 2. The molecule has 1 saturated heterocycles. The van der Waals surface area contributed by atoms with E-state index in [1.165, 1.54) is 6.92 Å². The van der Waals surface area contributed by atoms with Crippen molar-refractivity contribution in [1.82, 2.24) is 15.5 Å². The Balaban J connectivity index is 1.79. The fourth-order valence-corrected chi connectivity index (χ4v) is 3.32. The van der Waals surface area contributed by atoms with Gasteiger partial charge in [-0.1, -0.05) is 23.2 Å². The van der Waals surface area contributed by atoms with Crippen LogP contribution in [0.25, 0.3) is 0 Å². The first-order valence-corrected chi connectivity index (χ1v) is 8.44. The van der Waals surface area contributed by atoms with Gasteiger partial charge in [-0.15, -0.1) is 0 Å². The molecule has 1 fully saturated rings. The minimum atomic E-state index is -0.104. The van der Waals surface area contributed by atoms with Gasteiger partial charge in [-0.25, -0.2) is 4.79 Å². The first-order chi connectivity index (χ1) is 10.9. The molecule has 1 aromatic carbocycles. The summed E-state index contributed by atoms with van der Waals surface area (Å²) in [5.74, 6) is -0.0601. The van der Waals surface area contributed by atoms with Crippen molar-refractivity contribution in [2.45, 2.75) is 32.2 Å². The molecule has 0 radical (unpaired) electrons. The van der Waals surface area contributed by atoms with Crippen LogP contribution in [0.15, 0.2) is 18.2 Å². The van der Waals surface area contributed by atoms with Gasteiger partial charge in [-0.3, -0.25) is 4.79 Å². The van der Waals surface area contributed by atoms with Crippen LogP contribution in [0, 0.1) is 0 Å². The molecule has 23 heavy (non-hydrogen) atoms. The van der Waals surface area contributed by atoms with E-state index in [9.17, 15) is 9.59 Å². The Morgan fingerprint density at radius 3 is 2.61 bits per heavy atom. The summed E-state index contributed by atoms with van der Waals surface area (Å²) in [4.78, 5) is 25.1. The molecule has 1 heterocycles. The van der Waals surface area contributed by atoms with Gasteiger partial charge in [-0.05, 0) is 43.0 Å². The van der Waals surface area contributed by atoms with Gasteiger partial charge in [0.25, 0.3) is 0 Å². The highest BCUT2D eigenvalue weighted by atomic mass is 35.5. The van der Waals surface area contributed by atoms with Crippen molar-refractivity contribution in [3.05, 3.63) is 33.8 Å². The van der Waals surface area contributed by atoms with Crippen molar-refractivity contribution in [1.29, 1.82) is 0 Å². The normalized spacial score (nSPS) is 17.7. The molecule has 0 saturated carbocycles. The van der Waals surface area contributed by atoms with Gasteiger partial charge in [-0.2, -0.15) is 0 Å². The van der Waals surface area contributed by atoms with Crippen molar-refractivity contribution in [2.75, 3.05) is 19.6 Å². The van der Waals surface area contributed by atoms with Crippen molar-refractivity contribution >= 4 is 35.1 Å². The van der Waals surface area contributed by atoms with Gasteiger partial charge in [0.1, 0.15) is 0 Å². The number of likely N-dealkylation sites (tertiary alicyclic amines) is 1. The topological polar surface area (TPSA) is 61.4 Å². The van der Waals surface area contributed by atoms with E-state index in [1.54, 1.807) is 11.0 Å². The highest BCUT2D eigenvalue weighted by molar-refractivity contribution is 6.34. The summed E-state index contributed by atoms with van der Waals surface area (Å²) >= 11 is 11.9. The van der Waals surface area contributed by atoms with Crippen molar-refractivity contribution in [3.8, 4) is 0 Å². The number of hydrogen-bond acceptors (Lipinski definition) is 2. The van der Waals surface area contributed by atoms with Crippen LogP contribution in [0.5, 0.6) is 0 Å². The summed E-state index contributed by atoms with van der Waals surface area (Å²) in [5.41, 5.74) is 0.984. The number of carbonyl (C=O) groups is 2. The molecule has 0 spiro atoms. The number of nitrogens with one attached hydrogen (secondary N) is 2. The zero-order chi connectivity index (χ0) is 16.8. The number of urea groups is 1. The predicted molar refractivity (Wildman–Crippen MR) is 92.0 cm³/mol. The van der Waals surface area contributed by atoms with Crippen LogP contribution < -0.4 is 10.6 Å². The van der Waals surface area contributed by atoms with E-state index in [1.807, 2.05) is 12.1 Å². The maximum absolute atomic E-state index is 12.2. The number of nitrogens with zero attached hydrogens (tertiary/aromatic N) is 1. The van der Waals surface area contributed by atoms with E-state index in [0.717, 1.165) is 18.4 Å². The van der Waals surface area contributed by atoms with Crippen LogP contribution in [0.2, 0.25) is 10.0 Å². The second-order valence-corrected chi connectivity index (χ2v) is 6.62. The van der Waals surface area contributed by atoms with Crippen LogP contribution >= 0.6 is 23.2 Å². The SMILES string of the molecule is CC(=O)NC1CCCN(C(=O)NCCc2cc(Cl)cc(Cl)c2)C1. The lowest BCUT2D eigenvalue weighted by atomic mass is 10.1. The molecule has 1 aliphatic rings. The lowest BCUT2D eigenvalue weighted by molar-refractivity contribution is -0.119. The average Bonchev–Trinajstić information content (AvgIpc) is 2.45. The van der Waals surface area contributed by atoms with Crippen LogP contribution in [0.1, 0.15) is 25.3 Å². The molecular formula is C16H21Cl2N3O2. The Morgan fingerprint density at radius 2 is 1.96 bits per heavy atom. The molecule has 7 heteroatoms. The molecule has 0 aromatic heterocycles. The molecular weight excluding hydrogens is 337 g/mol.